The molecule has 2 aromatic heterocycles. The van der Waals surface area contributed by atoms with E-state index < -0.39 is 0 Å². The number of nitrogens with zero attached hydrogens (tertiary/aromatic N) is 3. The summed E-state index contributed by atoms with van der Waals surface area (Å²) in [5, 5.41) is 6.67. The molecule has 1 saturated heterocycles. The van der Waals surface area contributed by atoms with Gasteiger partial charge in [0.2, 0.25) is 0 Å². The number of carbonyl (C=O) groups excluding carboxylic acids is 2. The van der Waals surface area contributed by atoms with E-state index in [9.17, 15) is 9.59 Å². The number of aryl methyl sites for hydroxylation is 1. The van der Waals surface area contributed by atoms with Gasteiger partial charge in [-0.25, -0.2) is 9.97 Å². The van der Waals surface area contributed by atoms with Crippen LogP contribution in [0.15, 0.2) is 53.9 Å². The summed E-state index contributed by atoms with van der Waals surface area (Å²) in [5.74, 6) is 5.55. The van der Waals surface area contributed by atoms with Crippen molar-refractivity contribution >= 4 is 50.4 Å². The predicted octanol–water partition coefficient (Wildman–Crippen LogP) is 5.07. The van der Waals surface area contributed by atoms with Gasteiger partial charge in [0.25, 0.3) is 11.8 Å². The molecular formula is C26H22N4O2S2. The maximum Gasteiger partial charge on any atom is 0.298 e. The lowest BCUT2D eigenvalue weighted by atomic mass is 9.97. The Bertz CT molecular complexity index is 1410. The van der Waals surface area contributed by atoms with Gasteiger partial charge in [0.1, 0.15) is 5.69 Å². The van der Waals surface area contributed by atoms with Crippen molar-refractivity contribution in [3.05, 3.63) is 75.2 Å². The van der Waals surface area contributed by atoms with Crippen molar-refractivity contribution in [1.29, 1.82) is 0 Å². The summed E-state index contributed by atoms with van der Waals surface area (Å²) in [6.45, 7) is 3.25. The van der Waals surface area contributed by atoms with Crippen LogP contribution in [0.5, 0.6) is 0 Å². The molecule has 0 bridgehead atoms. The Morgan fingerprint density at radius 3 is 2.68 bits per heavy atom. The molecule has 0 unspecified atom stereocenters. The number of aromatic nitrogens is 2. The Kier molecular flexibility index (Phi) is 6.39. The van der Waals surface area contributed by atoms with Crippen molar-refractivity contribution in [2.75, 3.05) is 18.4 Å². The molecule has 6 nitrogen and oxygen atoms in total. The molecule has 1 N–H and O–H groups in total. The van der Waals surface area contributed by atoms with Gasteiger partial charge in [-0.2, -0.15) is 0 Å². The van der Waals surface area contributed by atoms with Gasteiger partial charge in [0, 0.05) is 41.6 Å². The number of nitrogens with one attached hydrogen (secondary N) is 1. The smallest absolute Gasteiger partial charge is 0.298 e. The average molecular weight is 487 g/mol. The fourth-order valence-electron chi connectivity index (χ4n) is 3.95. The summed E-state index contributed by atoms with van der Waals surface area (Å²) in [4.78, 5) is 36.1. The van der Waals surface area contributed by atoms with E-state index in [1.165, 1.54) is 11.3 Å². The molecule has 2 aromatic carbocycles. The number of fused-ring (bicyclic) bond motifs is 1. The Morgan fingerprint density at radius 1 is 1.09 bits per heavy atom. The number of benzene rings is 2. The second-order valence-corrected chi connectivity index (χ2v) is 10.2. The molecule has 0 spiro atoms. The lowest BCUT2D eigenvalue weighted by Gasteiger charge is -2.29. The topological polar surface area (TPSA) is 75.2 Å². The van der Waals surface area contributed by atoms with Crippen LogP contribution in [0, 0.1) is 18.8 Å². The number of hydrogen-bond acceptors (Lipinski definition) is 6. The van der Waals surface area contributed by atoms with Gasteiger partial charge in [-0.1, -0.05) is 24.1 Å². The minimum Gasteiger partial charge on any atom is -0.332 e. The molecule has 4 aromatic rings. The van der Waals surface area contributed by atoms with Crippen molar-refractivity contribution < 1.29 is 9.59 Å². The highest BCUT2D eigenvalue weighted by Crippen LogP contribution is 2.31. The van der Waals surface area contributed by atoms with Crippen LogP contribution in [0.4, 0.5) is 5.69 Å². The summed E-state index contributed by atoms with van der Waals surface area (Å²) in [6.07, 6.45) is 1.63. The van der Waals surface area contributed by atoms with E-state index >= 15 is 0 Å². The highest BCUT2D eigenvalue weighted by molar-refractivity contribution is 7.18. The minimum atomic E-state index is -0.224. The van der Waals surface area contributed by atoms with Gasteiger partial charge in [-0.3, -0.25) is 9.59 Å². The number of likely N-dealkylation sites (tertiary alicyclic amines) is 1. The summed E-state index contributed by atoms with van der Waals surface area (Å²) >= 11 is 3.14. The van der Waals surface area contributed by atoms with Crippen molar-refractivity contribution in [3.8, 4) is 11.8 Å². The summed E-state index contributed by atoms with van der Waals surface area (Å²) in [7, 11) is 0. The van der Waals surface area contributed by atoms with Crippen LogP contribution in [0.2, 0.25) is 0 Å². The monoisotopic (exact) mass is 486 g/mol. The van der Waals surface area contributed by atoms with Crippen LogP contribution in [0.3, 0.4) is 0 Å². The second kappa shape index (κ2) is 9.75. The van der Waals surface area contributed by atoms with Crippen molar-refractivity contribution in [3.63, 3.8) is 0 Å². The first-order valence-corrected chi connectivity index (χ1v) is 12.7. The van der Waals surface area contributed by atoms with E-state index in [0.29, 0.717) is 24.5 Å². The average Bonchev–Trinajstić information content (AvgIpc) is 3.49. The molecule has 5 rings (SSSR count). The Labute approximate surface area is 205 Å². The number of piperidine rings is 1. The Morgan fingerprint density at radius 2 is 1.88 bits per heavy atom. The third kappa shape index (κ3) is 5.01. The van der Waals surface area contributed by atoms with E-state index in [2.05, 4.69) is 27.1 Å². The summed E-state index contributed by atoms with van der Waals surface area (Å²) < 4.78 is 1.10. The second-order valence-electron chi connectivity index (χ2n) is 8.12. The fraction of sp³-hybridized carbons (Fsp3) is 0.231. The van der Waals surface area contributed by atoms with E-state index in [1.54, 1.807) is 21.6 Å². The summed E-state index contributed by atoms with van der Waals surface area (Å²) in [5.41, 5.74) is 2.84. The quantitative estimate of drug-likeness (QED) is 0.410. The number of anilines is 1. The SMILES string of the molecule is Cc1nc2cc(NC(=O)c3csc(C4CCN(C(=O)C#Cc5ccccc5)CC4)n3)ccc2s1. The molecule has 1 fully saturated rings. The zero-order valence-corrected chi connectivity index (χ0v) is 20.2. The minimum absolute atomic E-state index is 0.145. The third-order valence-corrected chi connectivity index (χ3v) is 7.68. The van der Waals surface area contributed by atoms with E-state index in [-0.39, 0.29) is 17.7 Å². The molecule has 0 aliphatic carbocycles. The predicted molar refractivity (Wildman–Crippen MR) is 136 cm³/mol. The number of hydrogen-bond donors (Lipinski definition) is 1. The maximum absolute atomic E-state index is 12.7. The molecule has 3 heterocycles. The largest absolute Gasteiger partial charge is 0.332 e. The van der Waals surface area contributed by atoms with Crippen LogP contribution in [-0.4, -0.2) is 39.8 Å². The van der Waals surface area contributed by atoms with Crippen LogP contribution < -0.4 is 5.32 Å². The van der Waals surface area contributed by atoms with Crippen molar-refractivity contribution in [2.24, 2.45) is 0 Å². The highest BCUT2D eigenvalue weighted by Gasteiger charge is 2.26. The van der Waals surface area contributed by atoms with Gasteiger partial charge in [-0.05, 0) is 50.1 Å². The van der Waals surface area contributed by atoms with Crippen molar-refractivity contribution in [2.45, 2.75) is 25.7 Å². The molecule has 8 heteroatoms. The normalized spacial score (nSPS) is 14.0. The molecule has 34 heavy (non-hydrogen) atoms. The Balaban J connectivity index is 1.17. The first-order chi connectivity index (χ1) is 16.5. The molecular weight excluding hydrogens is 464 g/mol. The lowest BCUT2D eigenvalue weighted by molar-refractivity contribution is -0.126. The number of amides is 2. The van der Waals surface area contributed by atoms with E-state index in [4.69, 9.17) is 0 Å². The van der Waals surface area contributed by atoms with Crippen LogP contribution in [0.25, 0.3) is 10.2 Å². The molecule has 0 saturated carbocycles. The van der Waals surface area contributed by atoms with Crippen LogP contribution >= 0.6 is 22.7 Å². The maximum atomic E-state index is 12.7. The van der Waals surface area contributed by atoms with E-state index in [1.807, 2.05) is 55.5 Å². The zero-order valence-electron chi connectivity index (χ0n) is 18.6. The van der Waals surface area contributed by atoms with Crippen molar-refractivity contribution in [1.82, 2.24) is 14.9 Å². The van der Waals surface area contributed by atoms with Crippen LogP contribution in [0.1, 0.15) is 44.8 Å². The lowest BCUT2D eigenvalue weighted by Crippen LogP contribution is -2.37. The first kappa shape index (κ1) is 22.3. The van der Waals surface area contributed by atoms with Crippen LogP contribution in [-0.2, 0) is 4.79 Å². The molecule has 0 atom stereocenters. The molecule has 0 radical (unpaired) electrons. The third-order valence-electron chi connectivity index (χ3n) is 5.73. The zero-order chi connectivity index (χ0) is 23.5. The van der Waals surface area contributed by atoms with Gasteiger partial charge in [0.15, 0.2) is 0 Å². The highest BCUT2D eigenvalue weighted by atomic mass is 32.1. The van der Waals surface area contributed by atoms with Gasteiger partial charge in [-0.15, -0.1) is 22.7 Å². The van der Waals surface area contributed by atoms with Gasteiger partial charge >= 0.3 is 0 Å². The van der Waals surface area contributed by atoms with E-state index in [0.717, 1.165) is 38.6 Å². The fourth-order valence-corrected chi connectivity index (χ4v) is 5.73. The molecule has 2 amide bonds. The molecule has 1 aliphatic heterocycles. The van der Waals surface area contributed by atoms with Gasteiger partial charge < -0.3 is 10.2 Å². The summed E-state index contributed by atoms with van der Waals surface area (Å²) in [6, 6.07) is 15.3. The number of rotatable bonds is 3. The first-order valence-electron chi connectivity index (χ1n) is 11.0. The molecule has 170 valence electrons. The number of carbonyl (C=O) groups is 2. The standard InChI is InChI=1S/C26H22N4O2S2/c1-17-27-21-15-20(8-9-23(21)34-17)28-25(32)22-16-33-26(29-22)19-11-13-30(14-12-19)24(31)10-7-18-5-3-2-4-6-18/h2-6,8-9,15-16,19H,11-14H2,1H3,(H,28,32). The Hall–Kier alpha value is -3.54. The molecule has 1 aliphatic rings. The number of thiazole rings is 2. The van der Waals surface area contributed by atoms with Gasteiger partial charge in [0.05, 0.1) is 20.2 Å².